The molecule has 0 spiro atoms. The first-order valence-corrected chi connectivity index (χ1v) is 9.36. The van der Waals surface area contributed by atoms with Crippen molar-refractivity contribution in [1.29, 1.82) is 0 Å². The standard InChI is InChI=1S/C19H19BrN4O3/c1-3-12(2)21-16(25)11-24-10-4-5-15(19(24)26)18-22-17(23-27-18)13-6-8-14(20)9-7-13/h4-10,12H,3,11H2,1-2H3,(H,21,25)/t12-/m1/s1. The Balaban J connectivity index is 1.85. The van der Waals surface area contributed by atoms with Crippen LogP contribution in [0.1, 0.15) is 20.3 Å². The first-order chi connectivity index (χ1) is 13.0. The van der Waals surface area contributed by atoms with Gasteiger partial charge in [0.25, 0.3) is 11.4 Å². The molecule has 0 unspecified atom stereocenters. The van der Waals surface area contributed by atoms with Crippen molar-refractivity contribution in [2.45, 2.75) is 32.9 Å². The molecule has 1 amide bonds. The van der Waals surface area contributed by atoms with Crippen molar-refractivity contribution in [3.05, 3.63) is 57.4 Å². The van der Waals surface area contributed by atoms with E-state index in [9.17, 15) is 9.59 Å². The van der Waals surface area contributed by atoms with Crippen LogP contribution in [0.25, 0.3) is 22.8 Å². The fourth-order valence-electron chi connectivity index (χ4n) is 2.45. The summed E-state index contributed by atoms with van der Waals surface area (Å²) in [6.07, 6.45) is 2.38. The van der Waals surface area contributed by atoms with Gasteiger partial charge < -0.3 is 14.4 Å². The Morgan fingerprint density at radius 3 is 2.74 bits per heavy atom. The number of nitrogens with zero attached hydrogens (tertiary/aromatic N) is 3. The lowest BCUT2D eigenvalue weighted by atomic mass is 10.2. The molecule has 7 nitrogen and oxygen atoms in total. The first kappa shape index (κ1) is 19.0. The summed E-state index contributed by atoms with van der Waals surface area (Å²) in [5.41, 5.74) is 0.671. The maximum atomic E-state index is 12.7. The van der Waals surface area contributed by atoms with E-state index >= 15 is 0 Å². The average Bonchev–Trinajstić information content (AvgIpc) is 3.13. The highest BCUT2D eigenvalue weighted by molar-refractivity contribution is 9.10. The van der Waals surface area contributed by atoms with E-state index in [1.54, 1.807) is 18.3 Å². The maximum Gasteiger partial charge on any atom is 0.263 e. The van der Waals surface area contributed by atoms with E-state index in [0.29, 0.717) is 5.82 Å². The van der Waals surface area contributed by atoms with Crippen molar-refractivity contribution < 1.29 is 9.32 Å². The van der Waals surface area contributed by atoms with E-state index in [2.05, 4.69) is 31.4 Å². The molecule has 1 N–H and O–H groups in total. The summed E-state index contributed by atoms with van der Waals surface area (Å²) in [4.78, 5) is 29.1. The fourth-order valence-corrected chi connectivity index (χ4v) is 2.71. The van der Waals surface area contributed by atoms with Gasteiger partial charge in [-0.25, -0.2) is 0 Å². The molecule has 27 heavy (non-hydrogen) atoms. The summed E-state index contributed by atoms with van der Waals surface area (Å²) in [7, 11) is 0. The minimum Gasteiger partial charge on any atom is -0.352 e. The summed E-state index contributed by atoms with van der Waals surface area (Å²) in [6, 6.07) is 10.8. The van der Waals surface area contributed by atoms with Crippen molar-refractivity contribution in [2.75, 3.05) is 0 Å². The van der Waals surface area contributed by atoms with Gasteiger partial charge in [-0.2, -0.15) is 4.98 Å². The van der Waals surface area contributed by atoms with Crippen LogP contribution in [0.15, 0.2) is 56.4 Å². The van der Waals surface area contributed by atoms with Crippen LogP contribution in [0.5, 0.6) is 0 Å². The molecule has 0 bridgehead atoms. The van der Waals surface area contributed by atoms with E-state index in [-0.39, 0.29) is 35.5 Å². The molecule has 2 aromatic heterocycles. The quantitative estimate of drug-likeness (QED) is 0.647. The average molecular weight is 431 g/mol. The number of carbonyl (C=O) groups excluding carboxylic acids is 1. The van der Waals surface area contributed by atoms with Crippen LogP contribution in [0.3, 0.4) is 0 Å². The normalized spacial score (nSPS) is 12.0. The minimum absolute atomic E-state index is 0.0563. The molecular weight excluding hydrogens is 412 g/mol. The number of hydrogen-bond donors (Lipinski definition) is 1. The molecule has 1 atom stereocenters. The third-order valence-corrected chi connectivity index (χ3v) is 4.64. The van der Waals surface area contributed by atoms with Gasteiger partial charge in [-0.15, -0.1) is 0 Å². The fraction of sp³-hybridized carbons (Fsp3) is 0.263. The molecule has 0 saturated heterocycles. The van der Waals surface area contributed by atoms with Crippen LogP contribution >= 0.6 is 15.9 Å². The van der Waals surface area contributed by atoms with Crippen LogP contribution in [-0.4, -0.2) is 26.7 Å². The Kier molecular flexibility index (Phi) is 5.85. The Morgan fingerprint density at radius 1 is 1.30 bits per heavy atom. The highest BCUT2D eigenvalue weighted by atomic mass is 79.9. The molecule has 0 aliphatic heterocycles. The molecule has 0 aliphatic carbocycles. The lowest BCUT2D eigenvalue weighted by molar-refractivity contribution is -0.122. The molecule has 3 aromatic rings. The topological polar surface area (TPSA) is 90.0 Å². The number of hydrogen-bond acceptors (Lipinski definition) is 5. The number of aromatic nitrogens is 3. The lowest BCUT2D eigenvalue weighted by Crippen LogP contribution is -2.37. The van der Waals surface area contributed by atoms with E-state index in [1.807, 2.05) is 38.1 Å². The van der Waals surface area contributed by atoms with Gasteiger partial charge in [0.1, 0.15) is 12.1 Å². The molecule has 0 radical (unpaired) electrons. The predicted molar refractivity (Wildman–Crippen MR) is 105 cm³/mol. The number of amides is 1. The Bertz CT molecular complexity index is 995. The summed E-state index contributed by atoms with van der Waals surface area (Å²) >= 11 is 3.38. The first-order valence-electron chi connectivity index (χ1n) is 8.56. The molecular formula is C19H19BrN4O3. The summed E-state index contributed by atoms with van der Waals surface area (Å²) in [6.45, 7) is 3.83. The minimum atomic E-state index is -0.359. The second-order valence-corrected chi connectivity index (χ2v) is 7.08. The van der Waals surface area contributed by atoms with Gasteiger partial charge >= 0.3 is 0 Å². The molecule has 2 heterocycles. The Morgan fingerprint density at radius 2 is 2.04 bits per heavy atom. The third-order valence-electron chi connectivity index (χ3n) is 4.11. The molecule has 3 rings (SSSR count). The smallest absolute Gasteiger partial charge is 0.263 e. The van der Waals surface area contributed by atoms with Crippen LogP contribution in [0, 0.1) is 0 Å². The van der Waals surface area contributed by atoms with Gasteiger partial charge in [-0.1, -0.05) is 28.0 Å². The van der Waals surface area contributed by atoms with Crippen LogP contribution in [0.2, 0.25) is 0 Å². The Hall–Kier alpha value is -2.74. The van der Waals surface area contributed by atoms with E-state index < -0.39 is 0 Å². The zero-order chi connectivity index (χ0) is 19.4. The van der Waals surface area contributed by atoms with Crippen molar-refractivity contribution in [1.82, 2.24) is 20.0 Å². The van der Waals surface area contributed by atoms with E-state index in [4.69, 9.17) is 4.52 Å². The van der Waals surface area contributed by atoms with Crippen molar-refractivity contribution in [3.8, 4) is 22.8 Å². The second-order valence-electron chi connectivity index (χ2n) is 6.16. The van der Waals surface area contributed by atoms with Crippen LogP contribution in [-0.2, 0) is 11.3 Å². The number of pyridine rings is 1. The van der Waals surface area contributed by atoms with Gasteiger partial charge in [-0.3, -0.25) is 9.59 Å². The summed E-state index contributed by atoms with van der Waals surface area (Å²) < 4.78 is 7.54. The number of benzene rings is 1. The van der Waals surface area contributed by atoms with Gasteiger partial charge in [0.2, 0.25) is 11.7 Å². The highest BCUT2D eigenvalue weighted by Gasteiger charge is 2.16. The van der Waals surface area contributed by atoms with Gasteiger partial charge in [0, 0.05) is 22.3 Å². The largest absolute Gasteiger partial charge is 0.352 e. The summed E-state index contributed by atoms with van der Waals surface area (Å²) in [5.74, 6) is 0.293. The summed E-state index contributed by atoms with van der Waals surface area (Å²) in [5, 5.41) is 6.79. The third kappa shape index (κ3) is 4.51. The zero-order valence-corrected chi connectivity index (χ0v) is 16.6. The number of nitrogens with one attached hydrogen (secondary N) is 1. The molecule has 0 fully saturated rings. The second kappa shape index (κ2) is 8.30. The highest BCUT2D eigenvalue weighted by Crippen LogP contribution is 2.21. The number of halogens is 1. The van der Waals surface area contributed by atoms with Crippen LogP contribution < -0.4 is 10.9 Å². The van der Waals surface area contributed by atoms with Crippen LogP contribution in [0.4, 0.5) is 0 Å². The SMILES string of the molecule is CC[C@@H](C)NC(=O)Cn1cccc(-c2nc(-c3ccc(Br)cc3)no2)c1=O. The number of rotatable bonds is 6. The zero-order valence-electron chi connectivity index (χ0n) is 15.0. The molecule has 0 saturated carbocycles. The molecule has 1 aromatic carbocycles. The predicted octanol–water partition coefficient (Wildman–Crippen LogP) is 3.24. The molecule has 8 heteroatoms. The Labute approximate surface area is 164 Å². The molecule has 140 valence electrons. The van der Waals surface area contributed by atoms with E-state index in [1.165, 1.54) is 4.57 Å². The van der Waals surface area contributed by atoms with E-state index in [0.717, 1.165) is 16.5 Å². The van der Waals surface area contributed by atoms with Crippen molar-refractivity contribution in [2.24, 2.45) is 0 Å². The maximum absolute atomic E-state index is 12.7. The van der Waals surface area contributed by atoms with Crippen molar-refractivity contribution in [3.63, 3.8) is 0 Å². The molecule has 0 aliphatic rings. The monoisotopic (exact) mass is 430 g/mol. The number of carbonyl (C=O) groups is 1. The lowest BCUT2D eigenvalue weighted by Gasteiger charge is -2.12. The van der Waals surface area contributed by atoms with Gasteiger partial charge in [0.15, 0.2) is 0 Å². The van der Waals surface area contributed by atoms with Crippen molar-refractivity contribution >= 4 is 21.8 Å². The van der Waals surface area contributed by atoms with Gasteiger partial charge in [0.05, 0.1) is 0 Å². The van der Waals surface area contributed by atoms with Gasteiger partial charge in [-0.05, 0) is 49.7 Å².